The van der Waals surface area contributed by atoms with Gasteiger partial charge in [0.25, 0.3) is 0 Å². The van der Waals surface area contributed by atoms with Crippen molar-refractivity contribution in [3.63, 3.8) is 0 Å². The number of hydrogen-bond donors (Lipinski definition) is 1. The van der Waals surface area contributed by atoms with E-state index in [-0.39, 0.29) is 12.3 Å². The van der Waals surface area contributed by atoms with E-state index in [1.54, 1.807) is 12.4 Å². The van der Waals surface area contributed by atoms with E-state index in [1.165, 1.54) is 11.3 Å². The summed E-state index contributed by atoms with van der Waals surface area (Å²) in [4.78, 5) is 21.0. The number of pyridine rings is 1. The summed E-state index contributed by atoms with van der Waals surface area (Å²) in [5, 5.41) is 5.65. The number of carbonyl (C=O) groups excluding carboxylic acids is 1. The maximum absolute atomic E-state index is 12.4. The quantitative estimate of drug-likeness (QED) is 0.394. The van der Waals surface area contributed by atoms with Gasteiger partial charge in [-0.1, -0.05) is 0 Å². The minimum atomic E-state index is -0.122. The smallest absolute Gasteiger partial charge is 0.230 e. The standard InChI is InChI=1S/C24H21N3O3S/c1-2-29-20-9-11-22(12-10-20)30-21-7-5-18(6-8-21)26-23(28)14-19-16-31-24(27-19)17-4-3-13-25-15-17/h3-13,15-16H,2,14H2,1H3,(H,26,28). The van der Waals surface area contributed by atoms with Crippen molar-refractivity contribution in [2.75, 3.05) is 11.9 Å². The summed E-state index contributed by atoms with van der Waals surface area (Å²) < 4.78 is 11.3. The number of amides is 1. The largest absolute Gasteiger partial charge is 0.494 e. The van der Waals surface area contributed by atoms with Crippen LogP contribution in [0.15, 0.2) is 78.4 Å². The van der Waals surface area contributed by atoms with Crippen LogP contribution in [0, 0.1) is 0 Å². The van der Waals surface area contributed by atoms with Crippen LogP contribution >= 0.6 is 11.3 Å². The zero-order valence-corrected chi connectivity index (χ0v) is 17.8. The molecule has 0 aliphatic carbocycles. The Balaban J connectivity index is 1.31. The monoisotopic (exact) mass is 431 g/mol. The second kappa shape index (κ2) is 9.86. The van der Waals surface area contributed by atoms with Gasteiger partial charge in [0.15, 0.2) is 0 Å². The Hall–Kier alpha value is -3.71. The Labute approximate surface area is 184 Å². The van der Waals surface area contributed by atoms with Crippen LogP contribution in [0.2, 0.25) is 0 Å². The van der Waals surface area contributed by atoms with Gasteiger partial charge in [0.05, 0.1) is 18.7 Å². The molecule has 2 heterocycles. The molecule has 0 atom stereocenters. The zero-order valence-electron chi connectivity index (χ0n) is 16.9. The van der Waals surface area contributed by atoms with Gasteiger partial charge in [-0.05, 0) is 67.6 Å². The lowest BCUT2D eigenvalue weighted by atomic mass is 10.2. The summed E-state index contributed by atoms with van der Waals surface area (Å²) in [6, 6.07) is 18.5. The molecule has 4 rings (SSSR count). The van der Waals surface area contributed by atoms with Crippen LogP contribution < -0.4 is 14.8 Å². The third-order valence-electron chi connectivity index (χ3n) is 4.31. The van der Waals surface area contributed by atoms with Crippen LogP contribution in [0.4, 0.5) is 5.69 Å². The fourth-order valence-corrected chi connectivity index (χ4v) is 3.70. The molecule has 0 radical (unpaired) electrons. The van der Waals surface area contributed by atoms with Crippen molar-refractivity contribution >= 4 is 22.9 Å². The average molecular weight is 432 g/mol. The van der Waals surface area contributed by atoms with E-state index in [0.717, 1.165) is 22.0 Å². The summed E-state index contributed by atoms with van der Waals surface area (Å²) in [7, 11) is 0. The lowest BCUT2D eigenvalue weighted by molar-refractivity contribution is -0.115. The molecule has 1 N–H and O–H groups in total. The van der Waals surface area contributed by atoms with E-state index in [0.29, 0.717) is 23.8 Å². The lowest BCUT2D eigenvalue weighted by Crippen LogP contribution is -2.14. The molecule has 0 saturated heterocycles. The molecule has 0 aliphatic rings. The SMILES string of the molecule is CCOc1ccc(Oc2ccc(NC(=O)Cc3csc(-c4cccnc4)n3)cc2)cc1. The van der Waals surface area contributed by atoms with Crippen LogP contribution in [0.1, 0.15) is 12.6 Å². The maximum atomic E-state index is 12.4. The van der Waals surface area contributed by atoms with Crippen molar-refractivity contribution in [2.24, 2.45) is 0 Å². The first-order valence-electron chi connectivity index (χ1n) is 9.85. The molecular weight excluding hydrogens is 410 g/mol. The third kappa shape index (κ3) is 5.67. The molecule has 0 bridgehead atoms. The Morgan fingerprint density at radius 2 is 1.71 bits per heavy atom. The number of nitrogens with zero attached hydrogens (tertiary/aromatic N) is 2. The molecule has 0 unspecified atom stereocenters. The van der Waals surface area contributed by atoms with Crippen molar-refractivity contribution in [1.29, 1.82) is 0 Å². The van der Waals surface area contributed by atoms with Crippen molar-refractivity contribution in [2.45, 2.75) is 13.3 Å². The second-order valence-corrected chi connectivity index (χ2v) is 7.50. The van der Waals surface area contributed by atoms with Crippen molar-refractivity contribution < 1.29 is 14.3 Å². The van der Waals surface area contributed by atoms with E-state index >= 15 is 0 Å². The fourth-order valence-electron chi connectivity index (χ4n) is 2.89. The number of anilines is 1. The van der Waals surface area contributed by atoms with Crippen molar-refractivity contribution in [3.8, 4) is 27.8 Å². The topological polar surface area (TPSA) is 73.3 Å². The van der Waals surface area contributed by atoms with Crippen LogP contribution in [0.3, 0.4) is 0 Å². The van der Waals surface area contributed by atoms with E-state index in [4.69, 9.17) is 9.47 Å². The number of ether oxygens (including phenoxy) is 2. The first-order chi connectivity index (χ1) is 15.2. The number of benzene rings is 2. The summed E-state index contributed by atoms with van der Waals surface area (Å²) in [6.45, 7) is 2.57. The molecule has 0 aliphatic heterocycles. The molecule has 0 spiro atoms. The lowest BCUT2D eigenvalue weighted by Gasteiger charge is -2.09. The highest BCUT2D eigenvalue weighted by Gasteiger charge is 2.10. The maximum Gasteiger partial charge on any atom is 0.230 e. The molecule has 156 valence electrons. The molecule has 6 nitrogen and oxygen atoms in total. The normalized spacial score (nSPS) is 10.5. The number of rotatable bonds is 8. The average Bonchev–Trinajstić information content (AvgIpc) is 3.25. The first-order valence-corrected chi connectivity index (χ1v) is 10.7. The molecule has 2 aromatic heterocycles. The van der Waals surface area contributed by atoms with Crippen molar-refractivity contribution in [1.82, 2.24) is 9.97 Å². The number of hydrogen-bond acceptors (Lipinski definition) is 6. The second-order valence-electron chi connectivity index (χ2n) is 6.64. The van der Waals surface area contributed by atoms with E-state index < -0.39 is 0 Å². The van der Waals surface area contributed by atoms with Gasteiger partial charge >= 0.3 is 0 Å². The number of thiazole rings is 1. The van der Waals surface area contributed by atoms with Gasteiger partial charge in [0, 0.05) is 29.0 Å². The Morgan fingerprint density at radius 1 is 1.00 bits per heavy atom. The molecule has 0 fully saturated rings. The van der Waals surface area contributed by atoms with Gasteiger partial charge in [0.1, 0.15) is 22.3 Å². The van der Waals surface area contributed by atoms with E-state index in [2.05, 4.69) is 15.3 Å². The van der Waals surface area contributed by atoms with E-state index in [1.807, 2.05) is 73.0 Å². The van der Waals surface area contributed by atoms with Gasteiger partial charge in [-0.25, -0.2) is 4.98 Å². The molecule has 1 amide bonds. The summed E-state index contributed by atoms with van der Waals surface area (Å²) in [6.07, 6.45) is 3.70. The molecule has 7 heteroatoms. The summed E-state index contributed by atoms with van der Waals surface area (Å²) in [5.74, 6) is 2.08. The minimum Gasteiger partial charge on any atom is -0.494 e. The fraction of sp³-hybridized carbons (Fsp3) is 0.125. The molecule has 0 saturated carbocycles. The number of nitrogens with one attached hydrogen (secondary N) is 1. The number of aromatic nitrogens is 2. The highest BCUT2D eigenvalue weighted by atomic mass is 32.1. The Kier molecular flexibility index (Phi) is 6.54. The predicted molar refractivity (Wildman–Crippen MR) is 122 cm³/mol. The summed E-state index contributed by atoms with van der Waals surface area (Å²) in [5.41, 5.74) is 2.38. The summed E-state index contributed by atoms with van der Waals surface area (Å²) >= 11 is 1.50. The molecule has 31 heavy (non-hydrogen) atoms. The van der Waals surface area contributed by atoms with Crippen LogP contribution in [0.25, 0.3) is 10.6 Å². The zero-order chi connectivity index (χ0) is 21.5. The highest BCUT2D eigenvalue weighted by Crippen LogP contribution is 2.26. The van der Waals surface area contributed by atoms with Gasteiger partial charge in [-0.15, -0.1) is 11.3 Å². The van der Waals surface area contributed by atoms with Gasteiger partial charge in [-0.3, -0.25) is 9.78 Å². The van der Waals surface area contributed by atoms with Gasteiger partial charge in [-0.2, -0.15) is 0 Å². The Morgan fingerprint density at radius 3 is 2.39 bits per heavy atom. The van der Waals surface area contributed by atoms with Crippen LogP contribution in [0.5, 0.6) is 17.2 Å². The number of carbonyl (C=O) groups is 1. The molecular formula is C24H21N3O3S. The van der Waals surface area contributed by atoms with Gasteiger partial charge in [0.2, 0.25) is 5.91 Å². The highest BCUT2D eigenvalue weighted by molar-refractivity contribution is 7.13. The molecule has 4 aromatic rings. The molecule has 2 aromatic carbocycles. The van der Waals surface area contributed by atoms with Crippen LogP contribution in [-0.2, 0) is 11.2 Å². The minimum absolute atomic E-state index is 0.122. The first kappa shape index (κ1) is 20.6. The van der Waals surface area contributed by atoms with Crippen molar-refractivity contribution in [3.05, 3.63) is 84.1 Å². The van der Waals surface area contributed by atoms with Gasteiger partial charge < -0.3 is 14.8 Å². The predicted octanol–water partition coefficient (Wildman–Crippen LogP) is 5.58. The third-order valence-corrected chi connectivity index (χ3v) is 5.25. The van der Waals surface area contributed by atoms with E-state index in [9.17, 15) is 4.79 Å². The van der Waals surface area contributed by atoms with Crippen LogP contribution in [-0.4, -0.2) is 22.5 Å². The Bertz CT molecular complexity index is 1130.